The van der Waals surface area contributed by atoms with Crippen molar-refractivity contribution in [3.8, 4) is 0 Å². The summed E-state index contributed by atoms with van der Waals surface area (Å²) in [6.45, 7) is 15.6. The summed E-state index contributed by atoms with van der Waals surface area (Å²) in [6, 6.07) is 0. The van der Waals surface area contributed by atoms with Gasteiger partial charge in [-0.2, -0.15) is 0 Å². The van der Waals surface area contributed by atoms with E-state index in [0.717, 1.165) is 0 Å². The minimum Gasteiger partial charge on any atom is -0.414 e. The van der Waals surface area contributed by atoms with Crippen LogP contribution in [0.5, 0.6) is 0 Å². The van der Waals surface area contributed by atoms with E-state index in [1.165, 1.54) is 0 Å². The molecule has 0 amide bonds. The molecule has 0 saturated heterocycles. The molecule has 0 saturated carbocycles. The minimum absolute atomic E-state index is 0.226. The maximum Gasteiger partial charge on any atom is 0.192 e. The predicted octanol–water partition coefficient (Wildman–Crippen LogP) is 3.03. The van der Waals surface area contributed by atoms with Crippen LogP contribution in [0, 0.1) is 5.92 Å². The topological polar surface area (TPSA) is 29.5 Å². The van der Waals surface area contributed by atoms with Crippen LogP contribution < -0.4 is 0 Å². The van der Waals surface area contributed by atoms with Crippen molar-refractivity contribution in [2.75, 3.05) is 6.61 Å². The van der Waals surface area contributed by atoms with Crippen molar-refractivity contribution in [2.45, 2.75) is 58.9 Å². The van der Waals surface area contributed by atoms with Gasteiger partial charge in [-0.05, 0) is 24.1 Å². The van der Waals surface area contributed by atoms with E-state index in [1.54, 1.807) is 0 Å². The number of aliphatic hydroxyl groups is 1. The molecule has 0 spiro atoms. The Balaban J connectivity index is 4.13. The van der Waals surface area contributed by atoms with E-state index in [9.17, 15) is 5.11 Å². The van der Waals surface area contributed by atoms with Crippen LogP contribution in [-0.4, -0.2) is 26.1 Å². The van der Waals surface area contributed by atoms with E-state index < -0.39 is 8.32 Å². The summed E-state index contributed by atoms with van der Waals surface area (Å²) in [5, 5.41) is 9.88. The lowest BCUT2D eigenvalue weighted by Gasteiger charge is -2.37. The van der Waals surface area contributed by atoms with E-state index in [2.05, 4.69) is 33.9 Å². The first-order chi connectivity index (χ1) is 6.08. The van der Waals surface area contributed by atoms with Gasteiger partial charge in [0.25, 0.3) is 0 Å². The van der Waals surface area contributed by atoms with E-state index in [0.29, 0.717) is 6.61 Å². The zero-order chi connectivity index (χ0) is 11.6. The van der Waals surface area contributed by atoms with Gasteiger partial charge in [-0.15, -0.1) is 0 Å². The van der Waals surface area contributed by atoms with Gasteiger partial charge >= 0.3 is 0 Å². The molecule has 0 aliphatic carbocycles. The van der Waals surface area contributed by atoms with E-state index in [4.69, 9.17) is 4.43 Å². The molecule has 1 atom stereocenters. The maximum atomic E-state index is 9.65. The second-order valence-electron chi connectivity index (χ2n) is 5.88. The highest BCUT2D eigenvalue weighted by molar-refractivity contribution is 6.74. The van der Waals surface area contributed by atoms with Crippen molar-refractivity contribution >= 4 is 8.32 Å². The van der Waals surface area contributed by atoms with Gasteiger partial charge < -0.3 is 9.53 Å². The predicted molar refractivity (Wildman–Crippen MR) is 64.0 cm³/mol. The molecule has 0 radical (unpaired) electrons. The van der Waals surface area contributed by atoms with Gasteiger partial charge in [-0.3, -0.25) is 0 Å². The van der Waals surface area contributed by atoms with E-state index in [-0.39, 0.29) is 17.1 Å². The third-order valence-electron chi connectivity index (χ3n) is 3.19. The smallest absolute Gasteiger partial charge is 0.192 e. The summed E-state index contributed by atoms with van der Waals surface area (Å²) < 4.78 is 5.91. The van der Waals surface area contributed by atoms with Gasteiger partial charge in [0.15, 0.2) is 8.32 Å². The van der Waals surface area contributed by atoms with Gasteiger partial charge in [0.2, 0.25) is 0 Å². The Labute approximate surface area is 89.8 Å². The van der Waals surface area contributed by atoms with Crippen LogP contribution in [0.3, 0.4) is 0 Å². The molecule has 0 aromatic carbocycles. The summed E-state index contributed by atoms with van der Waals surface area (Å²) in [6.07, 6.45) is -0.330. The highest BCUT2D eigenvalue weighted by Crippen LogP contribution is 2.36. The Morgan fingerprint density at radius 3 is 1.93 bits per heavy atom. The molecule has 0 aromatic heterocycles. The van der Waals surface area contributed by atoms with Crippen LogP contribution in [-0.2, 0) is 4.43 Å². The normalized spacial score (nSPS) is 16.1. The van der Waals surface area contributed by atoms with Crippen LogP contribution in [0.2, 0.25) is 18.1 Å². The van der Waals surface area contributed by atoms with Crippen LogP contribution in [0.25, 0.3) is 0 Å². The lowest BCUT2D eigenvalue weighted by atomic mass is 10.1. The van der Waals surface area contributed by atoms with Crippen molar-refractivity contribution in [2.24, 2.45) is 5.92 Å². The quantitative estimate of drug-likeness (QED) is 0.735. The molecule has 0 bridgehead atoms. The average molecular weight is 218 g/mol. The molecule has 1 unspecified atom stereocenters. The molecule has 1 N–H and O–H groups in total. The summed E-state index contributed by atoms with van der Waals surface area (Å²) >= 11 is 0. The summed E-state index contributed by atoms with van der Waals surface area (Å²) in [5.74, 6) is 0.278. The first-order valence-electron chi connectivity index (χ1n) is 5.40. The lowest BCUT2D eigenvalue weighted by molar-refractivity contribution is 0.0642. The average Bonchev–Trinajstić information content (AvgIpc) is 1.97. The van der Waals surface area contributed by atoms with Crippen molar-refractivity contribution in [1.82, 2.24) is 0 Å². The SMILES string of the molecule is CC(C)C(O)CO[Si](C)(C)C(C)(C)C. The van der Waals surface area contributed by atoms with Crippen molar-refractivity contribution in [3.05, 3.63) is 0 Å². The molecular weight excluding hydrogens is 192 g/mol. The number of rotatable bonds is 4. The van der Waals surface area contributed by atoms with Crippen LogP contribution in [0.15, 0.2) is 0 Å². The van der Waals surface area contributed by atoms with Crippen molar-refractivity contribution < 1.29 is 9.53 Å². The molecule has 0 heterocycles. The third kappa shape index (κ3) is 4.11. The number of hydrogen-bond donors (Lipinski definition) is 1. The molecule has 0 fully saturated rings. The van der Waals surface area contributed by atoms with Crippen LogP contribution in [0.1, 0.15) is 34.6 Å². The van der Waals surface area contributed by atoms with Crippen LogP contribution >= 0.6 is 0 Å². The van der Waals surface area contributed by atoms with E-state index >= 15 is 0 Å². The van der Waals surface area contributed by atoms with Gasteiger partial charge in [0, 0.05) is 0 Å². The van der Waals surface area contributed by atoms with Gasteiger partial charge in [0.1, 0.15) is 0 Å². The Morgan fingerprint density at radius 2 is 1.64 bits per heavy atom. The van der Waals surface area contributed by atoms with Gasteiger partial charge in [-0.1, -0.05) is 34.6 Å². The zero-order valence-electron chi connectivity index (χ0n) is 10.7. The van der Waals surface area contributed by atoms with Gasteiger partial charge in [0.05, 0.1) is 12.7 Å². The third-order valence-corrected chi connectivity index (χ3v) is 7.69. The summed E-state index contributed by atoms with van der Waals surface area (Å²) in [4.78, 5) is 0. The molecule has 0 rings (SSSR count). The Morgan fingerprint density at radius 1 is 1.21 bits per heavy atom. The molecule has 0 aliphatic heterocycles. The summed E-state index contributed by atoms with van der Waals surface area (Å²) in [7, 11) is -1.67. The monoisotopic (exact) mass is 218 g/mol. The fourth-order valence-corrected chi connectivity index (χ4v) is 1.72. The standard InChI is InChI=1S/C11H26O2Si/c1-9(2)10(12)8-13-14(6,7)11(3,4)5/h9-10,12H,8H2,1-7H3. The van der Waals surface area contributed by atoms with Crippen molar-refractivity contribution in [3.63, 3.8) is 0 Å². The first kappa shape index (κ1) is 14.1. The fraction of sp³-hybridized carbons (Fsp3) is 1.00. The molecular formula is C11H26O2Si. The Kier molecular flexibility index (Phi) is 4.82. The van der Waals surface area contributed by atoms with Crippen molar-refractivity contribution in [1.29, 1.82) is 0 Å². The second-order valence-corrected chi connectivity index (χ2v) is 10.7. The molecule has 2 nitrogen and oxygen atoms in total. The minimum atomic E-state index is -1.67. The highest BCUT2D eigenvalue weighted by Gasteiger charge is 2.37. The largest absolute Gasteiger partial charge is 0.414 e. The van der Waals surface area contributed by atoms with E-state index in [1.807, 2.05) is 13.8 Å². The fourth-order valence-electron chi connectivity index (χ4n) is 0.703. The molecule has 0 aliphatic rings. The Hall–Kier alpha value is 0.137. The highest BCUT2D eigenvalue weighted by atomic mass is 28.4. The zero-order valence-corrected chi connectivity index (χ0v) is 11.7. The number of hydrogen-bond acceptors (Lipinski definition) is 2. The molecule has 0 aromatic rings. The summed E-state index contributed by atoms with van der Waals surface area (Å²) in [5.41, 5.74) is 0. The number of aliphatic hydroxyl groups excluding tert-OH is 1. The second kappa shape index (κ2) is 4.77. The lowest BCUT2D eigenvalue weighted by Crippen LogP contribution is -2.43. The first-order valence-corrected chi connectivity index (χ1v) is 8.31. The maximum absolute atomic E-state index is 9.65. The van der Waals surface area contributed by atoms with Gasteiger partial charge in [-0.25, -0.2) is 0 Å². The molecule has 14 heavy (non-hydrogen) atoms. The van der Waals surface area contributed by atoms with Crippen LogP contribution in [0.4, 0.5) is 0 Å². The Bertz CT molecular complexity index is 171. The molecule has 86 valence electrons. The molecule has 3 heteroatoms.